The van der Waals surface area contributed by atoms with E-state index in [0.717, 1.165) is 12.1 Å². The highest BCUT2D eigenvalue weighted by molar-refractivity contribution is 7.97. The van der Waals surface area contributed by atoms with Crippen molar-refractivity contribution in [1.29, 1.82) is 0 Å². The SMILES string of the molecule is C[C@@H]1[C@H](C)[C@@H](CS(=O)(=O)CP(=O)(O)O)O[C@H]1n1ccc2c(N[C@H](C)c3ccc(F)cc3F)nc(Cl)nc21. The molecule has 3 aromatic rings. The molecule has 37 heavy (non-hydrogen) atoms. The molecule has 0 unspecified atom stereocenters. The minimum Gasteiger partial charge on any atom is -0.363 e. The lowest BCUT2D eigenvalue weighted by Gasteiger charge is -2.20. The Bertz CT molecular complexity index is 1480. The van der Waals surface area contributed by atoms with Gasteiger partial charge in [-0.05, 0) is 36.6 Å². The number of anilines is 1. The summed E-state index contributed by atoms with van der Waals surface area (Å²) in [6, 6.07) is 4.41. The number of sulfone groups is 1. The molecule has 202 valence electrons. The number of benzene rings is 1. The van der Waals surface area contributed by atoms with Crippen molar-refractivity contribution in [3.05, 3.63) is 52.9 Å². The van der Waals surface area contributed by atoms with Crippen LogP contribution in [0.4, 0.5) is 14.6 Å². The van der Waals surface area contributed by atoms with Crippen molar-refractivity contribution in [1.82, 2.24) is 14.5 Å². The Morgan fingerprint density at radius 3 is 2.57 bits per heavy atom. The van der Waals surface area contributed by atoms with E-state index >= 15 is 0 Å². The monoisotopic (exact) mass is 578 g/mol. The van der Waals surface area contributed by atoms with Crippen LogP contribution in [0.25, 0.3) is 11.0 Å². The topological polar surface area (TPSA) is 144 Å². The lowest BCUT2D eigenvalue weighted by molar-refractivity contribution is -0.000578. The average molecular weight is 579 g/mol. The van der Waals surface area contributed by atoms with Gasteiger partial charge in [0, 0.05) is 23.7 Å². The molecule has 3 heterocycles. The van der Waals surface area contributed by atoms with Crippen LogP contribution < -0.4 is 5.32 Å². The zero-order valence-corrected chi connectivity index (χ0v) is 22.5. The molecule has 4 rings (SSSR count). The predicted molar refractivity (Wildman–Crippen MR) is 134 cm³/mol. The van der Waals surface area contributed by atoms with Crippen molar-refractivity contribution in [3.63, 3.8) is 0 Å². The maximum absolute atomic E-state index is 14.3. The molecule has 1 aliphatic rings. The molecular formula is C22H26ClF2N4O6PS. The number of hydrogen-bond acceptors (Lipinski definition) is 7. The van der Waals surface area contributed by atoms with Gasteiger partial charge in [0.05, 0.1) is 23.3 Å². The number of hydrogen-bond donors (Lipinski definition) is 3. The van der Waals surface area contributed by atoms with Crippen LogP contribution >= 0.6 is 19.2 Å². The van der Waals surface area contributed by atoms with E-state index in [-0.39, 0.29) is 22.7 Å². The number of nitrogens with one attached hydrogen (secondary N) is 1. The van der Waals surface area contributed by atoms with Gasteiger partial charge in [0.1, 0.15) is 29.3 Å². The second kappa shape index (κ2) is 10.2. The number of rotatable bonds is 8. The van der Waals surface area contributed by atoms with Gasteiger partial charge in [0.25, 0.3) is 0 Å². The molecule has 5 atom stereocenters. The molecule has 1 aromatic carbocycles. The van der Waals surface area contributed by atoms with Crippen LogP contribution in [0.2, 0.25) is 5.28 Å². The quantitative estimate of drug-likeness (QED) is 0.264. The van der Waals surface area contributed by atoms with E-state index in [1.807, 2.05) is 13.8 Å². The highest BCUT2D eigenvalue weighted by Gasteiger charge is 2.43. The summed E-state index contributed by atoms with van der Waals surface area (Å²) in [5.74, 6) is -2.08. The van der Waals surface area contributed by atoms with E-state index in [0.29, 0.717) is 16.9 Å². The van der Waals surface area contributed by atoms with Crippen LogP contribution in [0.5, 0.6) is 0 Å². The number of halogens is 3. The largest absolute Gasteiger partial charge is 0.363 e. The first-order valence-corrected chi connectivity index (χ1v) is 15.3. The van der Waals surface area contributed by atoms with Gasteiger partial charge in [-0.2, -0.15) is 4.98 Å². The Balaban J connectivity index is 1.62. The number of aromatic nitrogens is 3. The summed E-state index contributed by atoms with van der Waals surface area (Å²) in [5.41, 5.74) is -0.635. The zero-order chi connectivity index (χ0) is 27.3. The van der Waals surface area contributed by atoms with E-state index in [1.165, 1.54) is 6.07 Å². The number of nitrogens with zero attached hydrogens (tertiary/aromatic N) is 3. The average Bonchev–Trinajstić information content (AvgIpc) is 3.27. The summed E-state index contributed by atoms with van der Waals surface area (Å²) in [6.45, 7) is 5.36. The smallest absolute Gasteiger partial charge is 0.340 e. The Morgan fingerprint density at radius 2 is 1.92 bits per heavy atom. The molecular weight excluding hydrogens is 553 g/mol. The summed E-state index contributed by atoms with van der Waals surface area (Å²) in [6.07, 6.45) is 0.239. The fourth-order valence-corrected chi connectivity index (χ4v) is 8.07. The van der Waals surface area contributed by atoms with E-state index in [1.54, 1.807) is 23.8 Å². The minimum atomic E-state index is -4.76. The summed E-state index contributed by atoms with van der Waals surface area (Å²) >= 11 is 6.19. The Morgan fingerprint density at radius 1 is 1.22 bits per heavy atom. The van der Waals surface area contributed by atoms with Crippen LogP contribution in [0.3, 0.4) is 0 Å². The first-order chi connectivity index (χ1) is 17.1. The fraction of sp³-hybridized carbons (Fsp3) is 0.455. The van der Waals surface area contributed by atoms with Crippen molar-refractivity contribution in [2.45, 2.75) is 39.1 Å². The maximum Gasteiger partial charge on any atom is 0.340 e. The highest BCUT2D eigenvalue weighted by Crippen LogP contribution is 2.43. The van der Waals surface area contributed by atoms with Gasteiger partial charge in [-0.15, -0.1) is 0 Å². The second-order valence-corrected chi connectivity index (χ2v) is 13.8. The molecule has 2 aromatic heterocycles. The van der Waals surface area contributed by atoms with Gasteiger partial charge >= 0.3 is 7.60 Å². The van der Waals surface area contributed by atoms with E-state index in [2.05, 4.69) is 15.3 Å². The van der Waals surface area contributed by atoms with Gasteiger partial charge in [0.15, 0.2) is 15.3 Å². The van der Waals surface area contributed by atoms with Crippen molar-refractivity contribution in [2.75, 3.05) is 16.6 Å². The molecule has 0 saturated carbocycles. The van der Waals surface area contributed by atoms with Crippen LogP contribution in [-0.2, 0) is 19.1 Å². The summed E-state index contributed by atoms with van der Waals surface area (Å²) < 4.78 is 71.3. The standard InChI is InChI=1S/C22H26ClF2N4O6PS/c1-11-12(2)21(35-18(11)9-37(33,34)10-36(30,31)32)29-7-6-16-19(27-22(23)28-20(16)29)26-13(3)15-5-4-14(24)8-17(15)25/h4-8,11-13,18,21H,9-10H2,1-3H3,(H,26,27,28)(H2,30,31,32)/t11-,12+,13+,18+,21+/m0/s1. The Kier molecular flexibility index (Phi) is 7.68. The van der Waals surface area contributed by atoms with Crippen molar-refractivity contribution in [3.8, 4) is 0 Å². The molecule has 1 saturated heterocycles. The number of ether oxygens (including phenoxy) is 1. The van der Waals surface area contributed by atoms with Crippen LogP contribution in [-0.4, -0.2) is 50.1 Å². The first-order valence-electron chi connectivity index (χ1n) is 11.3. The number of fused-ring (bicyclic) bond motifs is 1. The molecule has 0 bridgehead atoms. The van der Waals surface area contributed by atoms with E-state index in [4.69, 9.17) is 26.1 Å². The van der Waals surface area contributed by atoms with Gasteiger partial charge < -0.3 is 24.4 Å². The fourth-order valence-electron chi connectivity index (χ4n) is 4.55. The summed E-state index contributed by atoms with van der Waals surface area (Å²) in [7, 11) is -8.84. The van der Waals surface area contributed by atoms with Gasteiger partial charge in [-0.3, -0.25) is 4.57 Å². The molecule has 1 aliphatic heterocycles. The van der Waals surface area contributed by atoms with Crippen LogP contribution in [0.15, 0.2) is 30.5 Å². The maximum atomic E-state index is 14.3. The summed E-state index contributed by atoms with van der Waals surface area (Å²) in [5, 5.41) is 3.53. The van der Waals surface area contributed by atoms with Crippen molar-refractivity contribution >= 4 is 45.9 Å². The van der Waals surface area contributed by atoms with E-state index < -0.39 is 58.7 Å². The molecule has 0 amide bonds. The van der Waals surface area contributed by atoms with Crippen molar-refractivity contribution < 1.29 is 36.3 Å². The van der Waals surface area contributed by atoms with Gasteiger partial charge in [-0.25, -0.2) is 22.2 Å². The minimum absolute atomic E-state index is 0.0961. The third-order valence-corrected chi connectivity index (χ3v) is 10.5. The molecule has 3 N–H and O–H groups in total. The third-order valence-electron chi connectivity index (χ3n) is 6.56. The van der Waals surface area contributed by atoms with Crippen LogP contribution in [0.1, 0.15) is 38.6 Å². The Hall–Kier alpha value is -2.15. The second-order valence-electron chi connectivity index (χ2n) is 9.32. The van der Waals surface area contributed by atoms with Crippen LogP contribution in [0, 0.1) is 23.5 Å². The van der Waals surface area contributed by atoms with Crippen molar-refractivity contribution in [2.24, 2.45) is 11.8 Å². The summed E-state index contributed by atoms with van der Waals surface area (Å²) in [4.78, 5) is 26.7. The molecule has 0 spiro atoms. The molecule has 15 heteroatoms. The predicted octanol–water partition coefficient (Wildman–Crippen LogP) is 4.26. The zero-order valence-electron chi connectivity index (χ0n) is 20.0. The van der Waals surface area contributed by atoms with Gasteiger partial charge in [-0.1, -0.05) is 19.9 Å². The molecule has 0 aliphatic carbocycles. The lowest BCUT2D eigenvalue weighted by atomic mass is 9.93. The molecule has 0 radical (unpaired) electrons. The van der Waals surface area contributed by atoms with E-state index in [9.17, 15) is 21.8 Å². The first kappa shape index (κ1) is 27.9. The molecule has 1 fully saturated rings. The Labute approximate surface area is 217 Å². The van der Waals surface area contributed by atoms with Gasteiger partial charge in [0.2, 0.25) is 5.28 Å². The molecule has 10 nitrogen and oxygen atoms in total. The highest BCUT2D eigenvalue weighted by atomic mass is 35.5. The third kappa shape index (κ3) is 6.13. The normalized spacial score (nSPS) is 23.5. The lowest BCUT2D eigenvalue weighted by Crippen LogP contribution is -2.27.